The number of methoxy groups -OCH3 is 1. The Hall–Kier alpha value is -1.54. The number of hydrogen-bond donors (Lipinski definition) is 0. The Morgan fingerprint density at radius 2 is 2.14 bits per heavy atom. The lowest BCUT2D eigenvalue weighted by atomic mass is 9.94. The van der Waals surface area contributed by atoms with E-state index in [0.29, 0.717) is 26.2 Å². The Labute approximate surface area is 136 Å². The highest BCUT2D eigenvalue weighted by molar-refractivity contribution is 7.13. The van der Waals surface area contributed by atoms with Crippen LogP contribution in [0.3, 0.4) is 0 Å². The molecule has 0 aliphatic rings. The van der Waals surface area contributed by atoms with Gasteiger partial charge in [-0.1, -0.05) is 23.2 Å². The highest BCUT2D eigenvalue weighted by Crippen LogP contribution is 2.35. The summed E-state index contributed by atoms with van der Waals surface area (Å²) in [4.78, 5) is 13.0. The molecule has 2 aromatic rings. The Kier molecular flexibility index (Phi) is 4.89. The SMILES string of the molecule is COc1ccc(Cl)cc1C(C#N)C(=O)c1scc(C)c1Cl. The average molecular weight is 340 g/mol. The fourth-order valence-electron chi connectivity index (χ4n) is 1.93. The molecule has 1 aromatic carbocycles. The molecule has 0 fully saturated rings. The molecule has 2 rings (SSSR count). The lowest BCUT2D eigenvalue weighted by Gasteiger charge is -2.13. The number of halogens is 2. The van der Waals surface area contributed by atoms with Gasteiger partial charge in [-0.25, -0.2) is 0 Å². The van der Waals surface area contributed by atoms with Crippen LogP contribution < -0.4 is 4.74 Å². The number of ketones is 1. The number of benzene rings is 1. The second-order valence-electron chi connectivity index (χ2n) is 4.37. The molecule has 0 radical (unpaired) electrons. The molecule has 0 amide bonds. The summed E-state index contributed by atoms with van der Waals surface area (Å²) in [6.45, 7) is 1.82. The van der Waals surface area contributed by atoms with Crippen LogP contribution in [0.15, 0.2) is 23.6 Å². The number of nitriles is 1. The largest absolute Gasteiger partial charge is 0.496 e. The van der Waals surface area contributed by atoms with E-state index in [1.807, 2.05) is 13.0 Å². The van der Waals surface area contributed by atoms with Gasteiger partial charge >= 0.3 is 0 Å². The number of nitrogens with zero attached hydrogens (tertiary/aromatic N) is 1. The van der Waals surface area contributed by atoms with E-state index in [0.717, 1.165) is 5.56 Å². The molecule has 0 saturated heterocycles. The van der Waals surface area contributed by atoms with Gasteiger partial charge in [-0.3, -0.25) is 4.79 Å². The van der Waals surface area contributed by atoms with Gasteiger partial charge in [0.15, 0.2) is 5.78 Å². The summed E-state index contributed by atoms with van der Waals surface area (Å²) in [6.07, 6.45) is 0. The Balaban J connectivity index is 2.50. The van der Waals surface area contributed by atoms with Crippen LogP contribution in [0.2, 0.25) is 10.0 Å². The maximum Gasteiger partial charge on any atom is 0.196 e. The second-order valence-corrected chi connectivity index (χ2v) is 6.07. The van der Waals surface area contributed by atoms with E-state index in [4.69, 9.17) is 27.9 Å². The number of carbonyl (C=O) groups is 1. The van der Waals surface area contributed by atoms with Crippen LogP contribution in [0.5, 0.6) is 5.75 Å². The molecule has 1 aromatic heterocycles. The van der Waals surface area contributed by atoms with Crippen LogP contribution in [-0.4, -0.2) is 12.9 Å². The molecule has 0 N–H and O–H groups in total. The van der Waals surface area contributed by atoms with Gasteiger partial charge in [0.05, 0.1) is 23.1 Å². The van der Waals surface area contributed by atoms with Gasteiger partial charge in [-0.05, 0) is 36.1 Å². The number of carbonyl (C=O) groups excluding carboxylic acids is 1. The van der Waals surface area contributed by atoms with E-state index in [9.17, 15) is 10.1 Å². The van der Waals surface area contributed by atoms with E-state index in [1.54, 1.807) is 23.6 Å². The summed E-state index contributed by atoms with van der Waals surface area (Å²) in [6, 6.07) is 6.86. The second kappa shape index (κ2) is 6.48. The van der Waals surface area contributed by atoms with Crippen molar-refractivity contribution in [2.75, 3.05) is 7.11 Å². The summed E-state index contributed by atoms with van der Waals surface area (Å²) in [7, 11) is 1.48. The topological polar surface area (TPSA) is 50.1 Å². The molecule has 3 nitrogen and oxygen atoms in total. The van der Waals surface area contributed by atoms with Gasteiger partial charge in [0.1, 0.15) is 11.7 Å². The smallest absolute Gasteiger partial charge is 0.196 e. The lowest BCUT2D eigenvalue weighted by molar-refractivity contribution is 0.0982. The third kappa shape index (κ3) is 3.06. The van der Waals surface area contributed by atoms with Gasteiger partial charge in [-0.15, -0.1) is 11.3 Å². The van der Waals surface area contributed by atoms with Crippen molar-refractivity contribution in [2.45, 2.75) is 12.8 Å². The minimum absolute atomic E-state index is 0.346. The zero-order valence-corrected chi connectivity index (χ0v) is 13.6. The van der Waals surface area contributed by atoms with Gasteiger partial charge < -0.3 is 4.74 Å². The summed E-state index contributed by atoms with van der Waals surface area (Å²) in [5.74, 6) is -0.904. The normalized spacial score (nSPS) is 11.8. The quantitative estimate of drug-likeness (QED) is 0.747. The minimum Gasteiger partial charge on any atom is -0.496 e. The summed E-state index contributed by atoms with van der Waals surface area (Å²) in [5, 5.41) is 12.0. The summed E-state index contributed by atoms with van der Waals surface area (Å²) in [5.41, 5.74) is 1.26. The Morgan fingerprint density at radius 1 is 1.43 bits per heavy atom. The predicted octanol–water partition coefficient (Wildman–Crippen LogP) is 4.86. The molecule has 108 valence electrons. The zero-order valence-electron chi connectivity index (χ0n) is 11.3. The zero-order chi connectivity index (χ0) is 15.6. The van der Waals surface area contributed by atoms with Crippen molar-refractivity contribution in [1.29, 1.82) is 5.26 Å². The van der Waals surface area contributed by atoms with Gasteiger partial charge in [-0.2, -0.15) is 5.26 Å². The fourth-order valence-corrected chi connectivity index (χ4v) is 3.36. The first-order valence-electron chi connectivity index (χ1n) is 6.00. The third-order valence-electron chi connectivity index (χ3n) is 3.02. The molecule has 1 atom stereocenters. The molecular formula is C15H11Cl2NO2S. The van der Waals surface area contributed by atoms with Crippen molar-refractivity contribution >= 4 is 40.3 Å². The number of hydrogen-bond acceptors (Lipinski definition) is 4. The summed E-state index contributed by atoms with van der Waals surface area (Å²) >= 11 is 13.3. The molecule has 0 spiro atoms. The molecule has 0 aliphatic heterocycles. The predicted molar refractivity (Wildman–Crippen MR) is 84.8 cm³/mol. The van der Waals surface area contributed by atoms with Crippen LogP contribution >= 0.6 is 34.5 Å². The number of ether oxygens (including phenoxy) is 1. The van der Waals surface area contributed by atoms with Crippen molar-refractivity contribution in [1.82, 2.24) is 0 Å². The maximum absolute atomic E-state index is 12.6. The van der Waals surface area contributed by atoms with Gasteiger partial charge in [0.2, 0.25) is 0 Å². The Morgan fingerprint density at radius 3 is 2.67 bits per heavy atom. The van der Waals surface area contributed by atoms with Crippen LogP contribution in [0.25, 0.3) is 0 Å². The van der Waals surface area contributed by atoms with Crippen LogP contribution in [-0.2, 0) is 0 Å². The number of aryl methyl sites for hydroxylation is 1. The van der Waals surface area contributed by atoms with Crippen LogP contribution in [0.1, 0.15) is 26.7 Å². The lowest BCUT2D eigenvalue weighted by Crippen LogP contribution is -2.11. The Bertz CT molecular complexity index is 734. The molecular weight excluding hydrogens is 329 g/mol. The first kappa shape index (κ1) is 15.8. The molecule has 1 heterocycles. The molecule has 21 heavy (non-hydrogen) atoms. The molecule has 0 bridgehead atoms. The molecule has 0 saturated carbocycles. The highest BCUT2D eigenvalue weighted by atomic mass is 35.5. The van der Waals surface area contributed by atoms with Gasteiger partial charge in [0, 0.05) is 10.6 Å². The molecule has 6 heteroatoms. The monoisotopic (exact) mass is 339 g/mol. The van der Waals surface area contributed by atoms with E-state index < -0.39 is 5.92 Å². The average Bonchev–Trinajstić information content (AvgIpc) is 2.80. The van der Waals surface area contributed by atoms with Crippen molar-refractivity contribution in [2.24, 2.45) is 0 Å². The first-order chi connectivity index (χ1) is 9.99. The summed E-state index contributed by atoms with van der Waals surface area (Å²) < 4.78 is 5.21. The number of thiophene rings is 1. The van der Waals surface area contributed by atoms with Crippen molar-refractivity contribution in [3.63, 3.8) is 0 Å². The molecule has 0 aliphatic carbocycles. The number of Topliss-reactive ketones (excluding diaryl/α,β-unsaturated/α-hetero) is 1. The highest BCUT2D eigenvalue weighted by Gasteiger charge is 2.28. The first-order valence-corrected chi connectivity index (χ1v) is 7.64. The van der Waals surface area contributed by atoms with Crippen molar-refractivity contribution in [3.8, 4) is 11.8 Å². The van der Waals surface area contributed by atoms with Crippen molar-refractivity contribution < 1.29 is 9.53 Å². The standard InChI is InChI=1S/C15H11Cl2NO2S/c1-8-7-21-15(13(8)17)14(19)11(6-18)10-5-9(16)3-4-12(10)20-2/h3-5,7,11H,1-2H3. The minimum atomic E-state index is -1.01. The van der Waals surface area contributed by atoms with E-state index in [1.165, 1.54) is 18.4 Å². The van der Waals surface area contributed by atoms with Gasteiger partial charge in [0.25, 0.3) is 0 Å². The molecule has 1 unspecified atom stereocenters. The van der Waals surface area contributed by atoms with E-state index in [2.05, 4.69) is 0 Å². The van der Waals surface area contributed by atoms with Crippen LogP contribution in [0.4, 0.5) is 0 Å². The fraction of sp³-hybridized carbons (Fsp3) is 0.200. The van der Waals surface area contributed by atoms with E-state index >= 15 is 0 Å². The maximum atomic E-state index is 12.6. The number of rotatable bonds is 4. The third-order valence-corrected chi connectivity index (χ3v) is 4.96. The van der Waals surface area contributed by atoms with Crippen LogP contribution in [0, 0.1) is 18.3 Å². The van der Waals surface area contributed by atoms with E-state index in [-0.39, 0.29) is 5.78 Å². The van der Waals surface area contributed by atoms with Crippen molar-refractivity contribution in [3.05, 3.63) is 49.6 Å².